The quantitative estimate of drug-likeness (QED) is 0.670. The predicted molar refractivity (Wildman–Crippen MR) is 67.9 cm³/mol. The zero-order valence-corrected chi connectivity index (χ0v) is 10.3. The summed E-state index contributed by atoms with van der Waals surface area (Å²) >= 11 is 0. The van der Waals surface area contributed by atoms with Gasteiger partial charge in [0.05, 0.1) is 29.3 Å². The molecule has 0 unspecified atom stereocenters. The molecule has 5 nitrogen and oxygen atoms in total. The van der Waals surface area contributed by atoms with Crippen molar-refractivity contribution in [2.75, 3.05) is 0 Å². The number of pyridine rings is 1. The third kappa shape index (κ3) is 1.29. The lowest BCUT2D eigenvalue weighted by Crippen LogP contribution is -2.26. The molecule has 0 amide bonds. The zero-order valence-electron chi connectivity index (χ0n) is 10.3. The average Bonchev–Trinajstić information content (AvgIpc) is 2.73. The van der Waals surface area contributed by atoms with Gasteiger partial charge in [-0.15, -0.1) is 0 Å². The lowest BCUT2D eigenvalue weighted by Gasteiger charge is -2.25. The van der Waals surface area contributed by atoms with Gasteiger partial charge in [-0.05, 0) is 6.08 Å². The number of carbonyl (C=O) groups excluding carboxylic acids is 2. The maximum atomic E-state index is 12.2. The van der Waals surface area contributed by atoms with Crippen molar-refractivity contribution in [1.29, 1.82) is 0 Å². The van der Waals surface area contributed by atoms with E-state index in [1.807, 2.05) is 0 Å². The van der Waals surface area contributed by atoms with Crippen LogP contribution in [0.15, 0.2) is 43.0 Å². The molecular formula is C15H9NO4. The topological polar surface area (TPSA) is 65.5 Å². The van der Waals surface area contributed by atoms with Crippen molar-refractivity contribution in [2.24, 2.45) is 0 Å². The van der Waals surface area contributed by atoms with E-state index in [0.29, 0.717) is 28.8 Å². The summed E-state index contributed by atoms with van der Waals surface area (Å²) < 4.78 is 10.5. The van der Waals surface area contributed by atoms with E-state index in [9.17, 15) is 9.59 Å². The Morgan fingerprint density at radius 3 is 2.80 bits per heavy atom. The van der Waals surface area contributed by atoms with Crippen LogP contribution in [0.2, 0.25) is 0 Å². The van der Waals surface area contributed by atoms with Crippen LogP contribution in [0.5, 0.6) is 0 Å². The third-order valence-electron chi connectivity index (χ3n) is 3.64. The summed E-state index contributed by atoms with van der Waals surface area (Å²) in [6.07, 6.45) is 11.5. The van der Waals surface area contributed by atoms with Crippen LogP contribution in [0.25, 0.3) is 0 Å². The summed E-state index contributed by atoms with van der Waals surface area (Å²) in [6.45, 7) is 0. The second kappa shape index (κ2) is 3.66. The molecule has 98 valence electrons. The van der Waals surface area contributed by atoms with Crippen LogP contribution >= 0.6 is 0 Å². The van der Waals surface area contributed by atoms with Gasteiger partial charge in [-0.3, -0.25) is 9.78 Å². The molecule has 1 aliphatic carbocycles. The molecule has 0 atom stereocenters. The maximum Gasteiger partial charge on any atom is 0.341 e. The van der Waals surface area contributed by atoms with Crippen molar-refractivity contribution in [1.82, 2.24) is 4.98 Å². The molecule has 0 aromatic carbocycles. The van der Waals surface area contributed by atoms with Crippen molar-refractivity contribution in [3.63, 3.8) is 0 Å². The van der Waals surface area contributed by atoms with Crippen LogP contribution < -0.4 is 0 Å². The monoisotopic (exact) mass is 267 g/mol. The standard InChI is InChI=1S/C15H9NO4/c17-11-3-1-2-10-12(11)13-9(8-16-10)14(18)20-15(13)4-6-19-7-5-15/h1,3-8H,2H2. The molecule has 0 saturated heterocycles. The molecule has 1 spiro atoms. The number of ketones is 1. The molecular weight excluding hydrogens is 258 g/mol. The lowest BCUT2D eigenvalue weighted by molar-refractivity contribution is 0.0272. The summed E-state index contributed by atoms with van der Waals surface area (Å²) in [4.78, 5) is 28.5. The van der Waals surface area contributed by atoms with Gasteiger partial charge in [0.1, 0.15) is 0 Å². The van der Waals surface area contributed by atoms with Crippen LogP contribution in [0.3, 0.4) is 0 Å². The highest BCUT2D eigenvalue weighted by molar-refractivity contribution is 6.10. The van der Waals surface area contributed by atoms with E-state index in [0.717, 1.165) is 0 Å². The number of hydrogen-bond acceptors (Lipinski definition) is 5. The van der Waals surface area contributed by atoms with Gasteiger partial charge in [0.15, 0.2) is 11.4 Å². The predicted octanol–water partition coefficient (Wildman–Crippen LogP) is 1.80. The molecule has 5 heteroatoms. The Balaban J connectivity index is 2.06. The Bertz CT molecular complexity index is 730. The Morgan fingerprint density at radius 1 is 1.20 bits per heavy atom. The number of allylic oxidation sites excluding steroid dienone is 2. The summed E-state index contributed by atoms with van der Waals surface area (Å²) in [7, 11) is 0. The van der Waals surface area contributed by atoms with Crippen LogP contribution in [-0.4, -0.2) is 16.7 Å². The number of esters is 1. The van der Waals surface area contributed by atoms with E-state index < -0.39 is 11.6 Å². The zero-order chi connectivity index (χ0) is 13.7. The van der Waals surface area contributed by atoms with Crippen LogP contribution in [0.4, 0.5) is 0 Å². The molecule has 2 aliphatic heterocycles. The second-order valence-corrected chi connectivity index (χ2v) is 4.76. The largest absolute Gasteiger partial charge is 0.473 e. The number of carbonyl (C=O) groups is 2. The minimum absolute atomic E-state index is 0.151. The summed E-state index contributed by atoms with van der Waals surface area (Å²) in [5, 5.41) is 0. The summed E-state index contributed by atoms with van der Waals surface area (Å²) in [5.41, 5.74) is 0.981. The van der Waals surface area contributed by atoms with E-state index in [2.05, 4.69) is 4.98 Å². The molecule has 3 aliphatic rings. The molecule has 0 fully saturated rings. The van der Waals surface area contributed by atoms with Gasteiger partial charge in [0.2, 0.25) is 0 Å². The number of fused-ring (bicyclic) bond motifs is 4. The molecule has 0 radical (unpaired) electrons. The van der Waals surface area contributed by atoms with Crippen molar-refractivity contribution in [3.05, 3.63) is 65.4 Å². The number of nitrogens with zero attached hydrogens (tertiary/aromatic N) is 1. The molecule has 0 saturated carbocycles. The van der Waals surface area contributed by atoms with Crippen LogP contribution in [0, 0.1) is 0 Å². The van der Waals surface area contributed by atoms with Gasteiger partial charge < -0.3 is 9.47 Å². The fraction of sp³-hybridized carbons (Fsp3) is 0.133. The number of hydrogen-bond donors (Lipinski definition) is 0. The Kier molecular flexibility index (Phi) is 2.04. The lowest BCUT2D eigenvalue weighted by atomic mass is 9.84. The molecule has 1 aromatic rings. The summed E-state index contributed by atoms with van der Waals surface area (Å²) in [6, 6.07) is 0. The highest BCUT2D eigenvalue weighted by Crippen LogP contribution is 2.43. The van der Waals surface area contributed by atoms with Gasteiger partial charge in [0.25, 0.3) is 0 Å². The SMILES string of the molecule is O=C1OC2(C=COC=C2)c2c1cnc1c2C(=O)C=CC1. The molecule has 0 N–H and O–H groups in total. The molecule has 4 rings (SSSR count). The average molecular weight is 267 g/mol. The second-order valence-electron chi connectivity index (χ2n) is 4.76. The normalized spacial score (nSPS) is 20.6. The number of aromatic nitrogens is 1. The first kappa shape index (κ1) is 11.2. The van der Waals surface area contributed by atoms with E-state index in [1.165, 1.54) is 24.8 Å². The first-order chi connectivity index (χ1) is 9.71. The van der Waals surface area contributed by atoms with Crippen molar-refractivity contribution >= 4 is 11.8 Å². The minimum atomic E-state index is -1.06. The Hall–Kier alpha value is -2.69. The molecule has 20 heavy (non-hydrogen) atoms. The highest BCUT2D eigenvalue weighted by atomic mass is 16.6. The van der Waals surface area contributed by atoms with Gasteiger partial charge in [-0.25, -0.2) is 4.79 Å². The fourth-order valence-corrected chi connectivity index (χ4v) is 2.77. The van der Waals surface area contributed by atoms with E-state index in [-0.39, 0.29) is 5.78 Å². The fourth-order valence-electron chi connectivity index (χ4n) is 2.77. The van der Waals surface area contributed by atoms with E-state index >= 15 is 0 Å². The summed E-state index contributed by atoms with van der Waals surface area (Å²) in [5.74, 6) is -0.629. The van der Waals surface area contributed by atoms with Crippen molar-refractivity contribution in [3.8, 4) is 0 Å². The van der Waals surface area contributed by atoms with Crippen LogP contribution in [-0.2, 0) is 21.5 Å². The molecule has 3 heterocycles. The van der Waals surface area contributed by atoms with Gasteiger partial charge in [-0.2, -0.15) is 0 Å². The maximum absolute atomic E-state index is 12.2. The Morgan fingerprint density at radius 2 is 2.00 bits per heavy atom. The van der Waals surface area contributed by atoms with Crippen LogP contribution in [0.1, 0.15) is 32.0 Å². The third-order valence-corrected chi connectivity index (χ3v) is 3.64. The molecule has 1 aromatic heterocycles. The van der Waals surface area contributed by atoms with Gasteiger partial charge in [-0.1, -0.05) is 6.08 Å². The highest BCUT2D eigenvalue weighted by Gasteiger charge is 2.47. The smallest absolute Gasteiger partial charge is 0.341 e. The van der Waals surface area contributed by atoms with E-state index in [4.69, 9.17) is 9.47 Å². The van der Waals surface area contributed by atoms with E-state index in [1.54, 1.807) is 18.2 Å². The van der Waals surface area contributed by atoms with Gasteiger partial charge >= 0.3 is 5.97 Å². The minimum Gasteiger partial charge on any atom is -0.473 e. The first-order valence-electron chi connectivity index (χ1n) is 6.19. The van der Waals surface area contributed by atoms with Gasteiger partial charge in [0, 0.05) is 30.3 Å². The van der Waals surface area contributed by atoms with Crippen molar-refractivity contribution in [2.45, 2.75) is 12.0 Å². The number of ether oxygens (including phenoxy) is 2. The Labute approximate surface area is 114 Å². The molecule has 0 bridgehead atoms. The first-order valence-corrected chi connectivity index (χ1v) is 6.19. The van der Waals surface area contributed by atoms with Crippen molar-refractivity contribution < 1.29 is 19.1 Å². The number of rotatable bonds is 0.